The summed E-state index contributed by atoms with van der Waals surface area (Å²) in [4.78, 5) is 34.3. The van der Waals surface area contributed by atoms with E-state index >= 15 is 0 Å². The Balaban J connectivity index is 1.54. The SMILES string of the molecule is Cc1ccc(C(=O)N2CCC(Cc3ccccc3)C2N2CNC(=O)c3cnc(Cl)cc32)cc1. The van der Waals surface area contributed by atoms with Gasteiger partial charge in [-0.15, -0.1) is 0 Å². The van der Waals surface area contributed by atoms with Crippen LogP contribution in [0.5, 0.6) is 0 Å². The third-order valence-corrected chi connectivity index (χ3v) is 6.72. The number of carbonyl (C=O) groups is 2. The molecule has 1 aromatic heterocycles. The lowest BCUT2D eigenvalue weighted by molar-refractivity contribution is 0.0709. The van der Waals surface area contributed by atoms with E-state index < -0.39 is 0 Å². The van der Waals surface area contributed by atoms with Crippen molar-refractivity contribution in [2.75, 3.05) is 18.1 Å². The number of carbonyl (C=O) groups excluding carboxylic acids is 2. The van der Waals surface area contributed by atoms with Crippen LogP contribution in [0, 0.1) is 12.8 Å². The van der Waals surface area contributed by atoms with Crippen molar-refractivity contribution in [3.63, 3.8) is 0 Å². The van der Waals surface area contributed by atoms with E-state index in [1.165, 1.54) is 11.8 Å². The molecule has 2 aromatic carbocycles. The molecule has 1 saturated heterocycles. The van der Waals surface area contributed by atoms with Gasteiger partial charge in [0.2, 0.25) is 0 Å². The Bertz CT molecular complexity index is 1180. The van der Waals surface area contributed by atoms with Gasteiger partial charge in [0, 0.05) is 24.2 Å². The molecule has 7 heteroatoms. The van der Waals surface area contributed by atoms with E-state index in [9.17, 15) is 9.59 Å². The van der Waals surface area contributed by atoms with Gasteiger partial charge in [0.05, 0.1) is 17.9 Å². The topological polar surface area (TPSA) is 65.5 Å². The molecule has 2 atom stereocenters. The third kappa shape index (κ3) is 4.18. The maximum Gasteiger partial charge on any atom is 0.256 e. The molecule has 0 radical (unpaired) electrons. The highest BCUT2D eigenvalue weighted by molar-refractivity contribution is 6.29. The Kier molecular flexibility index (Phi) is 5.77. The van der Waals surface area contributed by atoms with Crippen LogP contribution >= 0.6 is 11.6 Å². The molecule has 2 amide bonds. The molecule has 2 aliphatic heterocycles. The van der Waals surface area contributed by atoms with E-state index in [1.807, 2.05) is 54.3 Å². The van der Waals surface area contributed by atoms with Crippen LogP contribution in [0.2, 0.25) is 5.15 Å². The summed E-state index contributed by atoms with van der Waals surface area (Å²) in [6.45, 7) is 2.96. The molecular weight excluding hydrogens is 436 g/mol. The first-order valence-corrected chi connectivity index (χ1v) is 11.5. The molecule has 1 N–H and O–H groups in total. The van der Waals surface area contributed by atoms with Crippen LogP contribution in [0.1, 0.15) is 38.3 Å². The molecule has 33 heavy (non-hydrogen) atoms. The Morgan fingerprint density at radius 1 is 1.15 bits per heavy atom. The first-order valence-electron chi connectivity index (χ1n) is 11.1. The summed E-state index contributed by atoms with van der Waals surface area (Å²) in [5, 5.41) is 3.26. The second-order valence-corrected chi connectivity index (χ2v) is 9.06. The lowest BCUT2D eigenvalue weighted by Gasteiger charge is -2.42. The summed E-state index contributed by atoms with van der Waals surface area (Å²) < 4.78 is 0. The molecule has 2 unspecified atom stereocenters. The summed E-state index contributed by atoms with van der Waals surface area (Å²) in [6, 6.07) is 19.7. The van der Waals surface area contributed by atoms with E-state index in [0.29, 0.717) is 35.2 Å². The highest BCUT2D eigenvalue weighted by Crippen LogP contribution is 2.37. The van der Waals surface area contributed by atoms with Gasteiger partial charge < -0.3 is 15.1 Å². The number of anilines is 1. The minimum absolute atomic E-state index is 0.00540. The molecule has 2 aliphatic rings. The van der Waals surface area contributed by atoms with Gasteiger partial charge in [-0.05, 0) is 43.5 Å². The fourth-order valence-corrected chi connectivity index (χ4v) is 5.03. The molecule has 0 aliphatic carbocycles. The Labute approximate surface area is 198 Å². The number of hydrogen-bond acceptors (Lipinski definition) is 4. The molecule has 3 heterocycles. The second kappa shape index (κ2) is 8.87. The number of nitrogens with one attached hydrogen (secondary N) is 1. The number of fused-ring (bicyclic) bond motifs is 1. The van der Waals surface area contributed by atoms with E-state index in [0.717, 1.165) is 18.4 Å². The molecule has 0 saturated carbocycles. The van der Waals surface area contributed by atoms with E-state index in [-0.39, 0.29) is 23.9 Å². The van der Waals surface area contributed by atoms with Crippen LogP contribution in [0.15, 0.2) is 66.9 Å². The maximum absolute atomic E-state index is 13.6. The summed E-state index contributed by atoms with van der Waals surface area (Å²) in [7, 11) is 0. The Morgan fingerprint density at radius 2 is 1.91 bits per heavy atom. The summed E-state index contributed by atoms with van der Waals surface area (Å²) in [6.07, 6.45) is 2.99. The average molecular weight is 461 g/mol. The minimum Gasteiger partial charge on any atom is -0.334 e. The summed E-state index contributed by atoms with van der Waals surface area (Å²) in [5.41, 5.74) is 4.19. The van der Waals surface area contributed by atoms with Gasteiger partial charge in [-0.25, -0.2) is 4.98 Å². The average Bonchev–Trinajstić information content (AvgIpc) is 3.23. The molecule has 6 nitrogen and oxygen atoms in total. The zero-order chi connectivity index (χ0) is 22.9. The zero-order valence-corrected chi connectivity index (χ0v) is 19.1. The van der Waals surface area contributed by atoms with E-state index in [2.05, 4.69) is 27.3 Å². The van der Waals surface area contributed by atoms with Crippen LogP contribution in [0.4, 0.5) is 5.69 Å². The standard InChI is InChI=1S/C26H25ClN4O2/c1-17-7-9-19(10-8-17)26(33)30-12-11-20(13-18-5-3-2-4-6-18)25(30)31-16-29-24(32)21-15-28-23(27)14-22(21)31/h2-10,14-15,20,25H,11-13,16H2,1H3,(H,29,32). The van der Waals surface area contributed by atoms with Crippen molar-refractivity contribution in [2.24, 2.45) is 5.92 Å². The lowest BCUT2D eigenvalue weighted by atomic mass is 9.94. The molecule has 0 bridgehead atoms. The number of aromatic nitrogens is 1. The van der Waals surface area contributed by atoms with Crippen LogP contribution in [0.3, 0.4) is 0 Å². The summed E-state index contributed by atoms with van der Waals surface area (Å²) >= 11 is 6.22. The summed E-state index contributed by atoms with van der Waals surface area (Å²) in [5.74, 6) is 0.00481. The monoisotopic (exact) mass is 460 g/mol. The highest BCUT2D eigenvalue weighted by atomic mass is 35.5. The van der Waals surface area contributed by atoms with Crippen molar-refractivity contribution in [3.8, 4) is 0 Å². The van der Waals surface area contributed by atoms with Crippen molar-refractivity contribution in [3.05, 3.63) is 94.3 Å². The largest absolute Gasteiger partial charge is 0.334 e. The number of pyridine rings is 1. The fourth-order valence-electron chi connectivity index (χ4n) is 4.88. The van der Waals surface area contributed by atoms with Gasteiger partial charge >= 0.3 is 0 Å². The smallest absolute Gasteiger partial charge is 0.256 e. The zero-order valence-electron chi connectivity index (χ0n) is 18.4. The molecule has 1 fully saturated rings. The van der Waals surface area contributed by atoms with Gasteiger partial charge in [-0.2, -0.15) is 0 Å². The lowest BCUT2D eigenvalue weighted by Crippen LogP contribution is -2.56. The minimum atomic E-state index is -0.225. The van der Waals surface area contributed by atoms with Crippen molar-refractivity contribution in [1.82, 2.24) is 15.2 Å². The predicted molar refractivity (Wildman–Crippen MR) is 128 cm³/mol. The quantitative estimate of drug-likeness (QED) is 0.590. The number of benzene rings is 2. The number of amides is 2. The van der Waals surface area contributed by atoms with Crippen LogP contribution in [-0.2, 0) is 6.42 Å². The first kappa shape index (κ1) is 21.5. The number of rotatable bonds is 4. The molecular formula is C26H25ClN4O2. The Morgan fingerprint density at radius 3 is 2.67 bits per heavy atom. The van der Waals surface area contributed by atoms with Gasteiger partial charge in [0.15, 0.2) is 0 Å². The van der Waals surface area contributed by atoms with Crippen LogP contribution in [0.25, 0.3) is 0 Å². The number of nitrogens with zero attached hydrogens (tertiary/aromatic N) is 3. The molecule has 5 rings (SSSR count). The van der Waals surface area contributed by atoms with Crippen LogP contribution in [-0.4, -0.2) is 41.1 Å². The van der Waals surface area contributed by atoms with Gasteiger partial charge in [-0.1, -0.05) is 59.6 Å². The van der Waals surface area contributed by atoms with Crippen molar-refractivity contribution < 1.29 is 9.59 Å². The van der Waals surface area contributed by atoms with Gasteiger partial charge in [-0.3, -0.25) is 9.59 Å². The molecule has 0 spiro atoms. The Hall–Kier alpha value is -3.38. The van der Waals surface area contributed by atoms with Crippen molar-refractivity contribution >= 4 is 29.1 Å². The van der Waals surface area contributed by atoms with Crippen molar-refractivity contribution in [1.29, 1.82) is 0 Å². The number of hydrogen-bond donors (Lipinski definition) is 1. The fraction of sp³-hybridized carbons (Fsp3) is 0.269. The molecule has 168 valence electrons. The number of halogens is 1. The normalized spacial score (nSPS) is 19.9. The van der Waals surface area contributed by atoms with Crippen LogP contribution < -0.4 is 10.2 Å². The van der Waals surface area contributed by atoms with E-state index in [4.69, 9.17) is 11.6 Å². The maximum atomic E-state index is 13.6. The third-order valence-electron chi connectivity index (χ3n) is 6.51. The molecule has 3 aromatic rings. The van der Waals surface area contributed by atoms with Crippen molar-refractivity contribution in [2.45, 2.75) is 25.9 Å². The number of likely N-dealkylation sites (tertiary alicyclic amines) is 1. The first-order chi connectivity index (χ1) is 16.0. The number of aryl methyl sites for hydroxylation is 1. The van der Waals surface area contributed by atoms with Gasteiger partial charge in [0.1, 0.15) is 11.3 Å². The van der Waals surface area contributed by atoms with E-state index in [1.54, 1.807) is 6.07 Å². The highest BCUT2D eigenvalue weighted by Gasteiger charge is 2.43. The second-order valence-electron chi connectivity index (χ2n) is 8.67. The predicted octanol–water partition coefficient (Wildman–Crippen LogP) is 4.28. The van der Waals surface area contributed by atoms with Gasteiger partial charge in [0.25, 0.3) is 11.8 Å².